The molecule has 0 fully saturated rings. The molecule has 1 amide bonds. The smallest absolute Gasteiger partial charge is 0.216 e. The molecule has 0 aliphatic carbocycles. The maximum absolute atomic E-state index is 12.4. The van der Waals surface area contributed by atoms with Crippen molar-refractivity contribution in [2.45, 2.75) is 18.5 Å². The van der Waals surface area contributed by atoms with Gasteiger partial charge in [0.25, 0.3) is 0 Å². The molecule has 0 atom stereocenters. The van der Waals surface area contributed by atoms with E-state index >= 15 is 0 Å². The number of carbonyl (C=O) groups is 2. The molecule has 146 valence electrons. The lowest BCUT2D eigenvalue weighted by Gasteiger charge is -2.10. The third-order valence-electron chi connectivity index (χ3n) is 3.69. The van der Waals surface area contributed by atoms with Crippen LogP contribution in [0, 0.1) is 0 Å². The number of benzene rings is 1. The number of ketones is 1. The van der Waals surface area contributed by atoms with Crippen LogP contribution in [-0.4, -0.2) is 38.8 Å². The molecule has 2 aromatic heterocycles. The zero-order valence-corrected chi connectivity index (χ0v) is 18.0. The number of nitrogens with zero attached hydrogens (tertiary/aromatic N) is 3. The predicted octanol–water partition coefficient (Wildman–Crippen LogP) is 4.29. The first-order chi connectivity index (χ1) is 13.4. The summed E-state index contributed by atoms with van der Waals surface area (Å²) in [7, 11) is 0. The van der Waals surface area contributed by atoms with E-state index in [-0.39, 0.29) is 17.4 Å². The monoisotopic (exact) mass is 454 g/mol. The van der Waals surface area contributed by atoms with Gasteiger partial charge >= 0.3 is 0 Å². The summed E-state index contributed by atoms with van der Waals surface area (Å²) in [6, 6.07) is 10.7. The van der Waals surface area contributed by atoms with Crippen molar-refractivity contribution in [3.8, 4) is 5.69 Å². The highest BCUT2D eigenvalue weighted by Gasteiger charge is 2.17. The summed E-state index contributed by atoms with van der Waals surface area (Å²) in [6.07, 6.45) is 0.504. The van der Waals surface area contributed by atoms with Crippen LogP contribution in [-0.2, 0) is 11.2 Å². The first kappa shape index (κ1) is 20.9. The van der Waals surface area contributed by atoms with Crippen molar-refractivity contribution in [2.75, 3.05) is 12.3 Å². The summed E-state index contributed by atoms with van der Waals surface area (Å²) in [5.74, 6) is 0.777. The van der Waals surface area contributed by atoms with E-state index in [0.717, 1.165) is 5.69 Å². The number of carbonyl (C=O) groups excluding carboxylic acids is 2. The lowest BCUT2D eigenvalue weighted by molar-refractivity contribution is -0.118. The molecule has 0 bridgehead atoms. The molecule has 0 aliphatic heterocycles. The number of rotatable bonds is 8. The van der Waals surface area contributed by atoms with Crippen LogP contribution in [0.3, 0.4) is 0 Å². The summed E-state index contributed by atoms with van der Waals surface area (Å²) >= 11 is 14.5. The Hall–Kier alpha value is -1.87. The second-order valence-electron chi connectivity index (χ2n) is 5.76. The molecule has 1 aromatic carbocycles. The minimum absolute atomic E-state index is 0.0210. The third kappa shape index (κ3) is 5.35. The Morgan fingerprint density at radius 2 is 1.89 bits per heavy atom. The Kier molecular flexibility index (Phi) is 7.12. The maximum Gasteiger partial charge on any atom is 0.216 e. The van der Waals surface area contributed by atoms with Crippen molar-refractivity contribution in [3.05, 3.63) is 56.5 Å². The van der Waals surface area contributed by atoms with E-state index in [2.05, 4.69) is 15.5 Å². The molecule has 0 saturated carbocycles. The molecular formula is C18H16Cl2N4O2S2. The summed E-state index contributed by atoms with van der Waals surface area (Å²) in [5, 5.41) is 12.5. The van der Waals surface area contributed by atoms with Crippen LogP contribution >= 0.6 is 46.3 Å². The lowest BCUT2D eigenvalue weighted by Crippen LogP contribution is -2.23. The van der Waals surface area contributed by atoms with Crippen LogP contribution in [0.5, 0.6) is 0 Å². The van der Waals surface area contributed by atoms with Gasteiger partial charge in [-0.1, -0.05) is 35.0 Å². The normalized spacial score (nSPS) is 10.8. The zero-order chi connectivity index (χ0) is 20.1. The summed E-state index contributed by atoms with van der Waals surface area (Å²) in [4.78, 5) is 24.1. The van der Waals surface area contributed by atoms with Crippen LogP contribution < -0.4 is 5.32 Å². The van der Waals surface area contributed by atoms with E-state index in [1.54, 1.807) is 24.3 Å². The second-order valence-corrected chi connectivity index (χ2v) is 8.85. The van der Waals surface area contributed by atoms with Crippen molar-refractivity contribution < 1.29 is 9.59 Å². The second kappa shape index (κ2) is 9.56. The van der Waals surface area contributed by atoms with Gasteiger partial charge in [-0.15, -0.1) is 21.5 Å². The average Bonchev–Trinajstić information content (AvgIpc) is 3.27. The summed E-state index contributed by atoms with van der Waals surface area (Å²) in [6.45, 7) is 1.91. The number of thiophene rings is 1. The minimum Gasteiger partial charge on any atom is -0.356 e. The fraction of sp³-hybridized carbons (Fsp3) is 0.222. The Morgan fingerprint density at radius 1 is 1.14 bits per heavy atom. The summed E-state index contributed by atoms with van der Waals surface area (Å²) < 4.78 is 2.45. The highest BCUT2D eigenvalue weighted by atomic mass is 35.5. The topological polar surface area (TPSA) is 76.9 Å². The van der Waals surface area contributed by atoms with E-state index in [4.69, 9.17) is 23.2 Å². The van der Waals surface area contributed by atoms with Crippen LogP contribution in [0.4, 0.5) is 0 Å². The van der Waals surface area contributed by atoms with E-state index in [1.807, 2.05) is 16.7 Å². The Morgan fingerprint density at radius 3 is 2.54 bits per heavy atom. The van der Waals surface area contributed by atoms with Gasteiger partial charge in [-0.05, 0) is 36.4 Å². The van der Waals surface area contributed by atoms with Gasteiger partial charge in [-0.2, -0.15) is 0 Å². The minimum atomic E-state index is -0.104. The number of Topliss-reactive ketones (excluding diaryl/α,β-unsaturated/α-hetero) is 1. The van der Waals surface area contributed by atoms with Gasteiger partial charge in [0.1, 0.15) is 5.82 Å². The molecule has 2 heterocycles. The molecule has 10 heteroatoms. The predicted molar refractivity (Wildman–Crippen MR) is 113 cm³/mol. The Bertz CT molecular complexity index is 986. The molecule has 3 rings (SSSR count). The molecule has 3 aromatic rings. The molecule has 1 N–H and O–H groups in total. The highest BCUT2D eigenvalue weighted by molar-refractivity contribution is 7.99. The number of halogens is 2. The van der Waals surface area contributed by atoms with Crippen molar-refractivity contribution >= 4 is 58.0 Å². The van der Waals surface area contributed by atoms with Gasteiger partial charge < -0.3 is 5.32 Å². The van der Waals surface area contributed by atoms with Gasteiger partial charge in [0.2, 0.25) is 5.91 Å². The molecule has 0 spiro atoms. The molecule has 6 nitrogen and oxygen atoms in total. The number of thioether (sulfide) groups is 1. The first-order valence-electron chi connectivity index (χ1n) is 8.30. The summed E-state index contributed by atoms with van der Waals surface area (Å²) in [5.41, 5.74) is 0.835. The molecule has 0 saturated heterocycles. The largest absolute Gasteiger partial charge is 0.356 e. The number of hydrogen-bond acceptors (Lipinski definition) is 6. The van der Waals surface area contributed by atoms with Gasteiger partial charge in [0.15, 0.2) is 10.9 Å². The van der Waals surface area contributed by atoms with Crippen LogP contribution in [0.25, 0.3) is 5.69 Å². The van der Waals surface area contributed by atoms with Crippen molar-refractivity contribution in [1.82, 2.24) is 20.1 Å². The van der Waals surface area contributed by atoms with Crippen LogP contribution in [0.15, 0.2) is 41.6 Å². The Balaban J connectivity index is 1.81. The van der Waals surface area contributed by atoms with Crippen molar-refractivity contribution in [3.63, 3.8) is 0 Å². The lowest BCUT2D eigenvalue weighted by atomic mass is 10.3. The molecule has 28 heavy (non-hydrogen) atoms. The number of amides is 1. The third-order valence-corrected chi connectivity index (χ3v) is 6.14. The van der Waals surface area contributed by atoms with Crippen molar-refractivity contribution in [2.24, 2.45) is 0 Å². The van der Waals surface area contributed by atoms with E-state index in [9.17, 15) is 9.59 Å². The number of nitrogens with one attached hydrogen (secondary N) is 1. The van der Waals surface area contributed by atoms with Crippen LogP contribution in [0.2, 0.25) is 9.36 Å². The fourth-order valence-corrected chi connectivity index (χ4v) is 4.47. The maximum atomic E-state index is 12.4. The van der Waals surface area contributed by atoms with Gasteiger partial charge in [-0.25, -0.2) is 0 Å². The highest BCUT2D eigenvalue weighted by Crippen LogP contribution is 2.27. The molecule has 0 unspecified atom stereocenters. The Labute approximate surface area is 180 Å². The number of aromatic nitrogens is 3. The average molecular weight is 455 g/mol. The quantitative estimate of drug-likeness (QED) is 0.405. The van der Waals surface area contributed by atoms with Crippen molar-refractivity contribution in [1.29, 1.82) is 0 Å². The van der Waals surface area contributed by atoms with Gasteiger partial charge in [0.05, 0.1) is 15.0 Å². The van der Waals surface area contributed by atoms with E-state index in [1.165, 1.54) is 30.0 Å². The molecule has 0 radical (unpaired) electrons. The molecular weight excluding hydrogens is 439 g/mol. The van der Waals surface area contributed by atoms with Gasteiger partial charge in [0, 0.05) is 30.6 Å². The first-order valence-corrected chi connectivity index (χ1v) is 10.9. The van der Waals surface area contributed by atoms with E-state index in [0.29, 0.717) is 38.2 Å². The SMILES string of the molecule is CC(=O)NCCc1nnc(SCC(=O)c2ccc(Cl)s2)n1-c1ccc(Cl)cc1. The molecule has 0 aliphatic rings. The van der Waals surface area contributed by atoms with Crippen LogP contribution in [0.1, 0.15) is 22.4 Å². The zero-order valence-electron chi connectivity index (χ0n) is 14.8. The standard InChI is InChI=1S/C18H16Cl2N4O2S2/c1-11(25)21-9-8-17-22-23-18(24(17)13-4-2-12(19)3-5-13)27-10-14(26)15-6-7-16(20)28-15/h2-7H,8-10H2,1H3,(H,21,25). The van der Waals surface area contributed by atoms with E-state index < -0.39 is 0 Å². The fourth-order valence-electron chi connectivity index (χ4n) is 2.42. The van der Waals surface area contributed by atoms with Gasteiger partial charge in [-0.3, -0.25) is 14.2 Å². The number of hydrogen-bond donors (Lipinski definition) is 1.